The molecule has 168 valence electrons. The first-order chi connectivity index (χ1) is 15.7. The van der Waals surface area contributed by atoms with Crippen LogP contribution in [0.25, 0.3) is 11.5 Å². The SMILES string of the molecule is COc1ccc(N2CCC3CN(CCCSc4nnc(-c5ccccn5)n4C)CC32)cc1. The van der Waals surface area contributed by atoms with Gasteiger partial charge in [-0.2, -0.15) is 0 Å². The average molecular weight is 451 g/mol. The minimum atomic E-state index is 0.635. The van der Waals surface area contributed by atoms with Crippen molar-refractivity contribution >= 4 is 17.4 Å². The molecule has 0 bridgehead atoms. The number of hydrogen-bond donors (Lipinski definition) is 0. The predicted molar refractivity (Wildman–Crippen MR) is 128 cm³/mol. The van der Waals surface area contributed by atoms with Crippen LogP contribution in [0.4, 0.5) is 5.69 Å². The Morgan fingerprint density at radius 3 is 2.75 bits per heavy atom. The van der Waals surface area contributed by atoms with Gasteiger partial charge >= 0.3 is 0 Å². The maximum atomic E-state index is 5.31. The van der Waals surface area contributed by atoms with Gasteiger partial charge in [-0.3, -0.25) is 4.98 Å². The first-order valence-electron chi connectivity index (χ1n) is 11.3. The molecule has 8 heteroatoms. The van der Waals surface area contributed by atoms with Gasteiger partial charge in [0.25, 0.3) is 0 Å². The lowest BCUT2D eigenvalue weighted by Crippen LogP contribution is -2.35. The summed E-state index contributed by atoms with van der Waals surface area (Å²) in [5, 5.41) is 9.66. The van der Waals surface area contributed by atoms with Gasteiger partial charge in [-0.1, -0.05) is 17.8 Å². The molecule has 0 spiro atoms. The van der Waals surface area contributed by atoms with E-state index >= 15 is 0 Å². The number of ether oxygens (including phenoxy) is 1. The second kappa shape index (κ2) is 9.50. The van der Waals surface area contributed by atoms with E-state index in [1.54, 1.807) is 25.1 Å². The lowest BCUT2D eigenvalue weighted by molar-refractivity contribution is 0.319. The molecule has 2 atom stereocenters. The van der Waals surface area contributed by atoms with Crippen LogP contribution in [-0.2, 0) is 7.05 Å². The van der Waals surface area contributed by atoms with Gasteiger partial charge in [0.05, 0.1) is 7.11 Å². The van der Waals surface area contributed by atoms with Crippen LogP contribution in [0, 0.1) is 5.92 Å². The highest BCUT2D eigenvalue weighted by Crippen LogP contribution is 2.35. The molecule has 2 aliphatic heterocycles. The molecule has 3 aromatic rings. The summed E-state index contributed by atoms with van der Waals surface area (Å²) in [5.74, 6) is 3.57. The number of pyridine rings is 1. The van der Waals surface area contributed by atoms with E-state index in [1.807, 2.05) is 29.8 Å². The fourth-order valence-corrected chi connectivity index (χ4v) is 5.77. The van der Waals surface area contributed by atoms with Crippen molar-refractivity contribution in [2.24, 2.45) is 13.0 Å². The number of methoxy groups -OCH3 is 1. The molecule has 0 amide bonds. The van der Waals surface area contributed by atoms with E-state index in [9.17, 15) is 0 Å². The zero-order valence-electron chi connectivity index (χ0n) is 18.7. The minimum Gasteiger partial charge on any atom is -0.497 e. The van der Waals surface area contributed by atoms with E-state index in [2.05, 4.69) is 49.2 Å². The van der Waals surface area contributed by atoms with Crippen LogP contribution in [0.3, 0.4) is 0 Å². The molecule has 1 aromatic carbocycles. The number of rotatable bonds is 8. The molecule has 2 unspecified atom stereocenters. The monoisotopic (exact) mass is 450 g/mol. The number of hydrogen-bond acceptors (Lipinski definition) is 7. The molecular weight excluding hydrogens is 420 g/mol. The molecule has 32 heavy (non-hydrogen) atoms. The minimum absolute atomic E-state index is 0.635. The van der Waals surface area contributed by atoms with Crippen LogP contribution in [0.1, 0.15) is 12.8 Å². The standard InChI is InChI=1S/C24H30N6OS/c1-28-23(21-6-3-4-12-25-21)26-27-24(28)32-15-5-13-29-16-18-11-14-30(22(18)17-29)19-7-9-20(31-2)10-8-19/h3-4,6-10,12,18,22H,5,11,13-17H2,1-2H3. The molecule has 2 aromatic heterocycles. The zero-order chi connectivity index (χ0) is 21.9. The topological polar surface area (TPSA) is 59.3 Å². The zero-order valence-corrected chi connectivity index (χ0v) is 19.5. The van der Waals surface area contributed by atoms with Gasteiger partial charge in [0.15, 0.2) is 11.0 Å². The second-order valence-electron chi connectivity index (χ2n) is 8.55. The van der Waals surface area contributed by atoms with Crippen LogP contribution in [-0.4, -0.2) is 69.7 Å². The number of anilines is 1. The molecule has 2 fully saturated rings. The lowest BCUT2D eigenvalue weighted by Gasteiger charge is -2.27. The van der Waals surface area contributed by atoms with Crippen molar-refractivity contribution in [1.82, 2.24) is 24.6 Å². The van der Waals surface area contributed by atoms with Crippen molar-refractivity contribution in [2.75, 3.05) is 43.9 Å². The number of aromatic nitrogens is 4. The highest BCUT2D eigenvalue weighted by atomic mass is 32.2. The summed E-state index contributed by atoms with van der Waals surface area (Å²) in [5.41, 5.74) is 2.18. The Hall–Kier alpha value is -2.58. The van der Waals surface area contributed by atoms with Gasteiger partial charge in [-0.15, -0.1) is 10.2 Å². The molecule has 5 rings (SSSR count). The molecule has 0 saturated carbocycles. The number of likely N-dealkylation sites (tertiary alicyclic amines) is 1. The van der Waals surface area contributed by atoms with Crippen molar-refractivity contribution in [3.05, 3.63) is 48.7 Å². The first-order valence-corrected chi connectivity index (χ1v) is 12.3. The van der Waals surface area contributed by atoms with Crippen LogP contribution < -0.4 is 9.64 Å². The lowest BCUT2D eigenvalue weighted by atomic mass is 10.1. The van der Waals surface area contributed by atoms with Crippen LogP contribution in [0.5, 0.6) is 5.75 Å². The first kappa shape index (κ1) is 21.3. The Kier molecular flexibility index (Phi) is 6.32. The molecule has 4 heterocycles. The van der Waals surface area contributed by atoms with Gasteiger partial charge in [-0.05, 0) is 61.7 Å². The molecular formula is C24H30N6OS. The predicted octanol–water partition coefficient (Wildman–Crippen LogP) is 3.58. The Bertz CT molecular complexity index is 1020. The van der Waals surface area contributed by atoms with Gasteiger partial charge in [0, 0.05) is 50.4 Å². The van der Waals surface area contributed by atoms with Gasteiger partial charge < -0.3 is 19.1 Å². The quantitative estimate of drug-likeness (QED) is 0.384. The summed E-state index contributed by atoms with van der Waals surface area (Å²) in [6, 6.07) is 15.0. The van der Waals surface area contributed by atoms with Crippen LogP contribution in [0.2, 0.25) is 0 Å². The van der Waals surface area contributed by atoms with E-state index in [1.165, 1.54) is 18.7 Å². The molecule has 2 saturated heterocycles. The van der Waals surface area contributed by atoms with Crippen LogP contribution in [0.15, 0.2) is 53.8 Å². The van der Waals surface area contributed by atoms with E-state index < -0.39 is 0 Å². The number of fused-ring (bicyclic) bond motifs is 1. The summed E-state index contributed by atoms with van der Waals surface area (Å²) >= 11 is 1.78. The smallest absolute Gasteiger partial charge is 0.191 e. The maximum Gasteiger partial charge on any atom is 0.191 e. The highest BCUT2D eigenvalue weighted by molar-refractivity contribution is 7.99. The fourth-order valence-electron chi connectivity index (χ4n) is 4.94. The van der Waals surface area contributed by atoms with Gasteiger partial charge in [0.1, 0.15) is 11.4 Å². The Labute approximate surface area is 193 Å². The van der Waals surface area contributed by atoms with Gasteiger partial charge in [-0.25, -0.2) is 0 Å². The van der Waals surface area contributed by atoms with Crippen LogP contribution >= 0.6 is 11.8 Å². The second-order valence-corrected chi connectivity index (χ2v) is 9.61. The third kappa shape index (κ3) is 4.34. The molecule has 7 nitrogen and oxygen atoms in total. The third-order valence-corrected chi connectivity index (χ3v) is 7.71. The summed E-state index contributed by atoms with van der Waals surface area (Å²) in [6.07, 6.45) is 4.23. The van der Waals surface area contributed by atoms with Crippen molar-refractivity contribution in [3.8, 4) is 17.3 Å². The Morgan fingerprint density at radius 1 is 1.09 bits per heavy atom. The van der Waals surface area contributed by atoms with Crippen molar-refractivity contribution in [3.63, 3.8) is 0 Å². The van der Waals surface area contributed by atoms with E-state index in [0.29, 0.717) is 6.04 Å². The summed E-state index contributed by atoms with van der Waals surface area (Å²) < 4.78 is 7.35. The fraction of sp³-hybridized carbons (Fsp3) is 0.458. The summed E-state index contributed by atoms with van der Waals surface area (Å²) in [7, 11) is 3.74. The normalized spacial score (nSPS) is 20.6. The van der Waals surface area contributed by atoms with E-state index in [-0.39, 0.29) is 0 Å². The molecule has 2 aliphatic rings. The summed E-state index contributed by atoms with van der Waals surface area (Å²) in [4.78, 5) is 9.62. The molecule has 0 N–H and O–H groups in total. The Balaban J connectivity index is 1.11. The van der Waals surface area contributed by atoms with Crippen molar-refractivity contribution < 1.29 is 4.74 Å². The maximum absolute atomic E-state index is 5.31. The highest BCUT2D eigenvalue weighted by Gasteiger charge is 2.40. The van der Waals surface area contributed by atoms with E-state index in [4.69, 9.17) is 4.74 Å². The van der Waals surface area contributed by atoms with Gasteiger partial charge in [0.2, 0.25) is 0 Å². The average Bonchev–Trinajstić information content (AvgIpc) is 3.52. The Morgan fingerprint density at radius 2 is 1.97 bits per heavy atom. The summed E-state index contributed by atoms with van der Waals surface area (Å²) in [6.45, 7) is 4.68. The van der Waals surface area contributed by atoms with Crippen molar-refractivity contribution in [1.29, 1.82) is 0 Å². The number of benzene rings is 1. The third-order valence-electron chi connectivity index (χ3n) is 6.61. The molecule has 0 radical (unpaired) electrons. The number of thioether (sulfide) groups is 1. The molecule has 0 aliphatic carbocycles. The largest absolute Gasteiger partial charge is 0.497 e. The number of nitrogens with zero attached hydrogens (tertiary/aromatic N) is 6. The van der Waals surface area contributed by atoms with Crippen molar-refractivity contribution in [2.45, 2.75) is 24.0 Å². The van der Waals surface area contributed by atoms with E-state index in [0.717, 1.165) is 60.2 Å².